The number of carbonyl (C=O) groups is 2. The fraction of sp³-hybridized carbons (Fsp3) is 0.714. The largest absolute Gasteiger partial charge is 1.00 e. The summed E-state index contributed by atoms with van der Waals surface area (Å²) in [7, 11) is -5.05. The van der Waals surface area contributed by atoms with Crippen molar-refractivity contribution in [1.82, 2.24) is 0 Å². The molecule has 0 aromatic carbocycles. The molecule has 7 atom stereocenters. The van der Waals surface area contributed by atoms with E-state index in [0.29, 0.717) is 12.8 Å². The van der Waals surface area contributed by atoms with Crippen molar-refractivity contribution < 1.29 is 66.5 Å². The van der Waals surface area contributed by atoms with Crippen LogP contribution in [0.25, 0.3) is 0 Å². The summed E-state index contributed by atoms with van der Waals surface area (Å²) in [6.45, 7) is 2.79. The zero-order chi connectivity index (χ0) is 22.1. The third kappa shape index (κ3) is 3.85. The first-order valence-corrected chi connectivity index (χ1v) is 11.6. The Morgan fingerprint density at radius 3 is 2.65 bits per heavy atom. The topological polar surface area (TPSA) is 141 Å². The van der Waals surface area contributed by atoms with E-state index in [4.69, 9.17) is 0 Å². The monoisotopic (exact) mass is 462 g/mol. The molecule has 0 aromatic rings. The van der Waals surface area contributed by atoms with Crippen LogP contribution >= 0.6 is 0 Å². The fourth-order valence-electron chi connectivity index (χ4n) is 7.03. The second-order valence-corrected chi connectivity index (χ2v) is 10.8. The number of allylic oxidation sites excluding steroid dienone is 4. The summed E-state index contributed by atoms with van der Waals surface area (Å²) in [4.78, 5) is 24.6. The van der Waals surface area contributed by atoms with Crippen LogP contribution in [0, 0.1) is 28.6 Å². The molecule has 0 aromatic heterocycles. The van der Waals surface area contributed by atoms with Gasteiger partial charge in [0, 0.05) is 16.7 Å². The number of hydrogen-bond donors (Lipinski definition) is 2. The number of carbonyl (C=O) groups excluding carboxylic acids is 2. The van der Waals surface area contributed by atoms with Crippen LogP contribution in [-0.2, 0) is 24.2 Å². The molecule has 0 saturated heterocycles. The Morgan fingerprint density at radius 1 is 1.32 bits per heavy atom. The maximum atomic E-state index is 12.7. The minimum Gasteiger partial charge on any atom is -0.726 e. The van der Waals surface area contributed by atoms with Crippen molar-refractivity contribution in [2.45, 2.75) is 57.7 Å². The molecule has 4 aliphatic rings. The average molecular weight is 462 g/mol. The van der Waals surface area contributed by atoms with E-state index in [9.17, 15) is 32.8 Å². The molecule has 0 spiro atoms. The van der Waals surface area contributed by atoms with E-state index in [1.807, 2.05) is 13.0 Å². The Hall–Kier alpha value is -0.390. The third-order valence-electron chi connectivity index (χ3n) is 8.44. The van der Waals surface area contributed by atoms with Gasteiger partial charge < -0.3 is 14.8 Å². The maximum Gasteiger partial charge on any atom is 1.00 e. The first-order chi connectivity index (χ1) is 13.8. The summed E-state index contributed by atoms with van der Waals surface area (Å²) in [5, 5.41) is 22.6. The molecule has 2 N–H and O–H groups in total. The zero-order valence-electron chi connectivity index (χ0n) is 18.0. The fourth-order valence-corrected chi connectivity index (χ4v) is 7.29. The van der Waals surface area contributed by atoms with Gasteiger partial charge in [0.2, 0.25) is 10.4 Å². The Bertz CT molecular complexity index is 958. The van der Waals surface area contributed by atoms with Gasteiger partial charge in [-0.1, -0.05) is 25.5 Å². The maximum absolute atomic E-state index is 12.7. The smallest absolute Gasteiger partial charge is 0.726 e. The van der Waals surface area contributed by atoms with Gasteiger partial charge in [0.1, 0.15) is 12.2 Å². The van der Waals surface area contributed by atoms with Gasteiger partial charge in [0.15, 0.2) is 11.6 Å². The summed E-state index contributed by atoms with van der Waals surface area (Å²) in [5.41, 5.74) is -2.28. The molecule has 0 amide bonds. The SMILES string of the molecule is C[C@]12C=CC(=O)C=C1CC[C@@H]1[C@@H]2[C@@H](O)C[C@@]2(C)[C@H]1CC[C@]2(O)C(=O)COS(=O)(=O)[O-].[Na+]. The van der Waals surface area contributed by atoms with Gasteiger partial charge in [-0.2, -0.15) is 0 Å². The molecule has 0 aliphatic heterocycles. The van der Waals surface area contributed by atoms with Crippen LogP contribution in [0.1, 0.15) is 46.0 Å². The normalized spacial score (nSPS) is 43.9. The molecule has 0 radical (unpaired) electrons. The quantitative estimate of drug-likeness (QED) is 0.279. The predicted molar refractivity (Wildman–Crippen MR) is 104 cm³/mol. The Balaban J connectivity index is 0.00000272. The summed E-state index contributed by atoms with van der Waals surface area (Å²) >= 11 is 0. The van der Waals surface area contributed by atoms with Crippen molar-refractivity contribution in [3.05, 3.63) is 23.8 Å². The third-order valence-corrected chi connectivity index (χ3v) is 8.85. The van der Waals surface area contributed by atoms with Crippen molar-refractivity contribution in [3.63, 3.8) is 0 Å². The Kier molecular flexibility index (Phi) is 6.62. The van der Waals surface area contributed by atoms with Crippen LogP contribution in [0.15, 0.2) is 23.8 Å². The number of aliphatic hydroxyl groups excluding tert-OH is 1. The Morgan fingerprint density at radius 2 is 2.00 bits per heavy atom. The van der Waals surface area contributed by atoms with E-state index in [-0.39, 0.29) is 65.9 Å². The van der Waals surface area contributed by atoms with Crippen LogP contribution in [-0.4, -0.2) is 53.1 Å². The number of fused-ring (bicyclic) bond motifs is 5. The van der Waals surface area contributed by atoms with E-state index < -0.39 is 45.3 Å². The van der Waals surface area contributed by atoms with Crippen LogP contribution in [0.3, 0.4) is 0 Å². The molecule has 4 aliphatic carbocycles. The van der Waals surface area contributed by atoms with Gasteiger partial charge in [0.05, 0.1) is 6.10 Å². The molecule has 0 heterocycles. The molecule has 0 bridgehead atoms. The molecule has 8 nitrogen and oxygen atoms in total. The molecule has 166 valence electrons. The van der Waals surface area contributed by atoms with Crippen LogP contribution in [0.4, 0.5) is 0 Å². The summed E-state index contributed by atoms with van der Waals surface area (Å²) in [6.07, 6.45) is 6.55. The van der Waals surface area contributed by atoms with Crippen molar-refractivity contribution in [1.29, 1.82) is 0 Å². The van der Waals surface area contributed by atoms with Crippen LogP contribution in [0.2, 0.25) is 0 Å². The number of aliphatic hydroxyl groups is 2. The molecular formula is C21H27NaO8S. The number of Topliss-reactive ketones (excluding diaryl/α,β-unsaturated/α-hetero) is 1. The van der Waals surface area contributed by atoms with Gasteiger partial charge in [-0.3, -0.25) is 13.8 Å². The van der Waals surface area contributed by atoms with Gasteiger partial charge in [-0.15, -0.1) is 0 Å². The minimum absolute atomic E-state index is 0. The molecular weight excluding hydrogens is 435 g/mol. The van der Waals surface area contributed by atoms with Crippen molar-refractivity contribution in [2.75, 3.05) is 6.61 Å². The first-order valence-electron chi connectivity index (χ1n) is 10.3. The number of rotatable bonds is 4. The zero-order valence-corrected chi connectivity index (χ0v) is 20.9. The Labute approximate surface area is 204 Å². The summed E-state index contributed by atoms with van der Waals surface area (Å²) in [5.74, 6) is -1.07. The van der Waals surface area contributed by atoms with E-state index in [2.05, 4.69) is 4.18 Å². The minimum atomic E-state index is -5.05. The molecule has 10 heteroatoms. The summed E-state index contributed by atoms with van der Waals surface area (Å²) in [6, 6.07) is 0. The van der Waals surface area contributed by atoms with Crippen LogP contribution < -0.4 is 29.6 Å². The van der Waals surface area contributed by atoms with Gasteiger partial charge >= 0.3 is 29.6 Å². The second-order valence-electron chi connectivity index (χ2n) is 9.70. The van der Waals surface area contributed by atoms with Gasteiger partial charge in [-0.25, -0.2) is 8.42 Å². The second kappa shape index (κ2) is 8.13. The first kappa shape index (κ1) is 25.2. The van der Waals surface area contributed by atoms with Gasteiger partial charge in [-0.05, 0) is 56.1 Å². The molecule has 3 fully saturated rings. The predicted octanol–water partition coefficient (Wildman–Crippen LogP) is -1.95. The van der Waals surface area contributed by atoms with Crippen molar-refractivity contribution in [2.24, 2.45) is 28.6 Å². The van der Waals surface area contributed by atoms with Crippen molar-refractivity contribution >= 4 is 22.0 Å². The van der Waals surface area contributed by atoms with Gasteiger partial charge in [0.25, 0.3) is 0 Å². The van der Waals surface area contributed by atoms with Crippen LogP contribution in [0.5, 0.6) is 0 Å². The van der Waals surface area contributed by atoms with E-state index >= 15 is 0 Å². The standard InChI is InChI=1S/C21H28O8S.Na/c1-19-7-5-13(22)9-12(19)3-4-14-15-6-8-21(25,17(24)11-29-30(26,27)28)20(15,2)10-16(23)18(14)19;/h5,7,9,14-16,18,23,25H,3-4,6,8,10-11H2,1-2H3,(H,26,27,28);/q;+1/p-1/t14-,15-,16-,18+,19-,20-,21-;/m0./s1. The van der Waals surface area contributed by atoms with E-state index in [0.717, 1.165) is 12.0 Å². The summed E-state index contributed by atoms with van der Waals surface area (Å²) < 4.78 is 36.4. The van der Waals surface area contributed by atoms with Crippen molar-refractivity contribution in [3.8, 4) is 0 Å². The number of ketones is 2. The number of hydrogen-bond acceptors (Lipinski definition) is 8. The average Bonchev–Trinajstić information content (AvgIpc) is 2.91. The molecule has 4 rings (SSSR count). The molecule has 31 heavy (non-hydrogen) atoms. The molecule has 0 unspecified atom stereocenters. The van der Waals surface area contributed by atoms with E-state index in [1.54, 1.807) is 19.1 Å². The van der Waals surface area contributed by atoms with E-state index in [1.165, 1.54) is 0 Å². The molecule has 3 saturated carbocycles.